The number of aromatic nitrogens is 2. The Kier molecular flexibility index (Phi) is 13.7. The van der Waals surface area contributed by atoms with E-state index in [1.807, 2.05) is 25.7 Å². The highest BCUT2D eigenvalue weighted by Crippen LogP contribution is 2.27. The number of nitrogens with zero attached hydrogens (tertiary/aromatic N) is 5. The van der Waals surface area contributed by atoms with Crippen LogP contribution in [0.1, 0.15) is 80.2 Å². The molecule has 0 radical (unpaired) electrons. The summed E-state index contributed by atoms with van der Waals surface area (Å²) in [5.41, 5.74) is 0.827. The van der Waals surface area contributed by atoms with Gasteiger partial charge in [0.25, 0.3) is 0 Å². The van der Waals surface area contributed by atoms with Gasteiger partial charge in [0.05, 0.1) is 0 Å². The highest BCUT2D eigenvalue weighted by molar-refractivity contribution is 7.13. The Morgan fingerprint density at radius 1 is 1.06 bits per heavy atom. The molecule has 262 valence electrons. The number of likely N-dealkylation sites (N-methyl/N-ethyl adjacent to an activating group) is 1. The van der Waals surface area contributed by atoms with Gasteiger partial charge >= 0.3 is 12.2 Å². The third-order valence-electron chi connectivity index (χ3n) is 7.54. The largest absolute Gasteiger partial charge is 0.444 e. The molecule has 47 heavy (non-hydrogen) atoms. The molecular formula is C33H50Cl2N6O5S. The van der Waals surface area contributed by atoms with Crippen LogP contribution in [0.5, 0.6) is 0 Å². The van der Waals surface area contributed by atoms with E-state index in [2.05, 4.69) is 41.3 Å². The number of rotatable bonds is 11. The lowest BCUT2D eigenvalue weighted by molar-refractivity contribution is -0.140. The van der Waals surface area contributed by atoms with Gasteiger partial charge in [-0.15, -0.1) is 10.2 Å². The lowest BCUT2D eigenvalue weighted by Gasteiger charge is -2.47. The van der Waals surface area contributed by atoms with E-state index < -0.39 is 29.4 Å². The van der Waals surface area contributed by atoms with Gasteiger partial charge in [-0.2, -0.15) is 0 Å². The molecule has 1 fully saturated rings. The first-order chi connectivity index (χ1) is 21.8. The van der Waals surface area contributed by atoms with Crippen LogP contribution in [0.25, 0.3) is 0 Å². The maximum Gasteiger partial charge on any atom is 0.416 e. The van der Waals surface area contributed by atoms with Gasteiger partial charge in [0.2, 0.25) is 11.0 Å². The predicted octanol–water partition coefficient (Wildman–Crippen LogP) is 7.06. The number of ether oxygens (including phenoxy) is 2. The average molecular weight is 714 g/mol. The topological polar surface area (TPSA) is 117 Å². The van der Waals surface area contributed by atoms with E-state index in [4.69, 9.17) is 32.7 Å². The van der Waals surface area contributed by atoms with Crippen molar-refractivity contribution >= 4 is 57.8 Å². The van der Waals surface area contributed by atoms with Crippen LogP contribution in [0, 0.1) is 5.92 Å². The monoisotopic (exact) mass is 712 g/mol. The Morgan fingerprint density at radius 2 is 1.74 bits per heavy atom. The molecule has 0 spiro atoms. The van der Waals surface area contributed by atoms with Crippen LogP contribution in [0.15, 0.2) is 23.7 Å². The molecule has 1 aromatic heterocycles. The SMILES string of the molecule is CC(C)C[C@@H]1CN(C(=O)C(Cc2ccc(Cl)cc2Cl)NC(=O)OC(C)(C)C)[C@@H](CCCN(C(=O)OC(C)(C)C)c2nncs2)CN1C. The number of anilines is 1. The Bertz CT molecular complexity index is 1350. The number of alkyl carbamates (subject to hydrolysis) is 1. The second kappa shape index (κ2) is 16.6. The molecule has 1 N–H and O–H groups in total. The van der Waals surface area contributed by atoms with Crippen molar-refractivity contribution in [3.05, 3.63) is 39.3 Å². The Hall–Kier alpha value is -2.67. The zero-order valence-corrected chi connectivity index (χ0v) is 31.3. The zero-order valence-electron chi connectivity index (χ0n) is 29.0. The van der Waals surface area contributed by atoms with Gasteiger partial charge < -0.3 is 19.7 Å². The van der Waals surface area contributed by atoms with Gasteiger partial charge in [0, 0.05) is 48.2 Å². The molecule has 2 heterocycles. The van der Waals surface area contributed by atoms with Gasteiger partial charge in [0.1, 0.15) is 22.8 Å². The average Bonchev–Trinajstić information content (AvgIpc) is 3.45. The molecule has 3 atom stereocenters. The first-order valence-electron chi connectivity index (χ1n) is 16.0. The minimum Gasteiger partial charge on any atom is -0.444 e. The molecule has 1 aliphatic rings. The fourth-order valence-electron chi connectivity index (χ4n) is 5.52. The number of halogens is 2. The summed E-state index contributed by atoms with van der Waals surface area (Å²) in [6, 6.07) is 4.12. The molecule has 2 aromatic rings. The molecule has 3 rings (SSSR count). The van der Waals surface area contributed by atoms with Crippen molar-refractivity contribution in [1.29, 1.82) is 0 Å². The van der Waals surface area contributed by atoms with Gasteiger partial charge in [-0.1, -0.05) is 54.5 Å². The van der Waals surface area contributed by atoms with Crippen LogP contribution in [-0.2, 0) is 20.7 Å². The van der Waals surface area contributed by atoms with Gasteiger partial charge in [0.15, 0.2) is 0 Å². The highest BCUT2D eigenvalue weighted by Gasteiger charge is 2.39. The molecule has 14 heteroatoms. The first kappa shape index (κ1) is 38.8. The Balaban J connectivity index is 1.89. The van der Waals surface area contributed by atoms with Gasteiger partial charge in [-0.3, -0.25) is 14.6 Å². The van der Waals surface area contributed by atoms with Crippen LogP contribution >= 0.6 is 34.5 Å². The van der Waals surface area contributed by atoms with Crippen molar-refractivity contribution in [1.82, 2.24) is 25.3 Å². The van der Waals surface area contributed by atoms with Crippen LogP contribution in [0.4, 0.5) is 14.7 Å². The molecule has 3 amide bonds. The van der Waals surface area contributed by atoms with Crippen molar-refractivity contribution < 1.29 is 23.9 Å². The van der Waals surface area contributed by atoms with Crippen LogP contribution in [0.2, 0.25) is 10.0 Å². The minimum absolute atomic E-state index is 0.135. The summed E-state index contributed by atoms with van der Waals surface area (Å²) < 4.78 is 11.2. The third kappa shape index (κ3) is 12.4. The molecule has 0 bridgehead atoms. The fraction of sp³-hybridized carbons (Fsp3) is 0.667. The number of hydrogen-bond acceptors (Lipinski definition) is 9. The number of carbonyl (C=O) groups is 3. The van der Waals surface area contributed by atoms with E-state index in [0.717, 1.165) is 6.42 Å². The van der Waals surface area contributed by atoms with E-state index in [9.17, 15) is 14.4 Å². The summed E-state index contributed by atoms with van der Waals surface area (Å²) >= 11 is 13.9. The normalized spacial score (nSPS) is 18.2. The number of amides is 3. The molecular weight excluding hydrogens is 663 g/mol. The molecule has 1 saturated heterocycles. The van der Waals surface area contributed by atoms with E-state index in [-0.39, 0.29) is 24.4 Å². The van der Waals surface area contributed by atoms with Crippen molar-refractivity contribution in [2.45, 2.75) is 110 Å². The van der Waals surface area contributed by atoms with E-state index in [1.54, 1.807) is 44.5 Å². The summed E-state index contributed by atoms with van der Waals surface area (Å²) in [6.45, 7) is 16.6. The maximum absolute atomic E-state index is 14.5. The summed E-state index contributed by atoms with van der Waals surface area (Å²) in [5, 5.41) is 12.2. The molecule has 11 nitrogen and oxygen atoms in total. The van der Waals surface area contributed by atoms with Crippen molar-refractivity contribution in [2.24, 2.45) is 5.92 Å². The van der Waals surface area contributed by atoms with Gasteiger partial charge in [-0.25, -0.2) is 9.59 Å². The molecule has 0 aliphatic carbocycles. The lowest BCUT2D eigenvalue weighted by Crippen LogP contribution is -2.62. The smallest absolute Gasteiger partial charge is 0.416 e. The van der Waals surface area contributed by atoms with Crippen LogP contribution in [0.3, 0.4) is 0 Å². The van der Waals surface area contributed by atoms with E-state index >= 15 is 0 Å². The van der Waals surface area contributed by atoms with Crippen LogP contribution in [-0.4, -0.2) is 94.1 Å². The number of carbonyl (C=O) groups excluding carboxylic acids is 3. The third-order valence-corrected chi connectivity index (χ3v) is 8.84. The fourth-order valence-corrected chi connectivity index (χ4v) is 6.58. The van der Waals surface area contributed by atoms with Crippen molar-refractivity contribution in [3.8, 4) is 0 Å². The maximum atomic E-state index is 14.5. The number of benzene rings is 1. The zero-order chi connectivity index (χ0) is 35.1. The summed E-state index contributed by atoms with van der Waals surface area (Å²) in [6.07, 6.45) is 1.05. The Labute approximate surface area is 293 Å². The number of nitrogens with one attached hydrogen (secondary N) is 1. The van der Waals surface area contributed by atoms with Crippen molar-refractivity contribution in [2.75, 3.05) is 31.6 Å². The summed E-state index contributed by atoms with van der Waals surface area (Å²) in [4.78, 5) is 46.4. The summed E-state index contributed by atoms with van der Waals surface area (Å²) in [7, 11) is 2.08. The van der Waals surface area contributed by atoms with Crippen LogP contribution < -0.4 is 10.2 Å². The molecule has 1 aliphatic heterocycles. The number of hydrogen-bond donors (Lipinski definition) is 1. The second-order valence-electron chi connectivity index (χ2n) is 14.5. The van der Waals surface area contributed by atoms with Gasteiger partial charge in [-0.05, 0) is 91.5 Å². The van der Waals surface area contributed by atoms with E-state index in [0.29, 0.717) is 59.1 Å². The second-order valence-corrected chi connectivity index (χ2v) is 16.2. The summed E-state index contributed by atoms with van der Waals surface area (Å²) in [5.74, 6) is 0.204. The molecule has 1 unspecified atom stereocenters. The van der Waals surface area contributed by atoms with Crippen molar-refractivity contribution in [3.63, 3.8) is 0 Å². The number of piperazine rings is 1. The standard InChI is InChI=1S/C33H50Cl2N6O5S/c1-21(2)15-25-19-41(28(42)27(37-30(43)45-32(3,4)5)16-22-12-13-23(34)17-26(22)35)24(18-39(25)9)11-10-14-40(29-38-36-20-47-29)31(44)46-33(6,7)8/h12-13,17,20-21,24-25,27H,10-11,14-16,18-19H2,1-9H3,(H,37,43)/t24-,25+,27?/m0/s1. The van der Waals surface area contributed by atoms with E-state index in [1.165, 1.54) is 16.2 Å². The highest BCUT2D eigenvalue weighted by atomic mass is 35.5. The lowest BCUT2D eigenvalue weighted by atomic mass is 9.95. The first-order valence-corrected chi connectivity index (χ1v) is 17.7. The molecule has 0 saturated carbocycles. The predicted molar refractivity (Wildman–Crippen MR) is 187 cm³/mol. The minimum atomic E-state index is -0.936. The molecule has 1 aromatic carbocycles. The Morgan fingerprint density at radius 3 is 2.32 bits per heavy atom. The quantitative estimate of drug-likeness (QED) is 0.263.